The first-order valence-corrected chi connectivity index (χ1v) is 5.48. The zero-order chi connectivity index (χ0) is 8.97. The maximum absolute atomic E-state index is 4.00. The van der Waals surface area contributed by atoms with Gasteiger partial charge in [0.2, 0.25) is 0 Å². The zero-order valence-electron chi connectivity index (χ0n) is 7.50. The summed E-state index contributed by atoms with van der Waals surface area (Å²) in [6.45, 7) is 4.51. The second-order valence-electron chi connectivity index (χ2n) is 3.38. The van der Waals surface area contributed by atoms with Crippen molar-refractivity contribution in [2.75, 3.05) is 0 Å². The molecule has 0 aliphatic rings. The van der Waals surface area contributed by atoms with Gasteiger partial charge < -0.3 is 0 Å². The van der Waals surface area contributed by atoms with E-state index in [9.17, 15) is 0 Å². The number of rotatable bonds is 3. The van der Waals surface area contributed by atoms with Crippen LogP contribution in [-0.2, 0) is 0 Å². The average molecular weight is 275 g/mol. The van der Waals surface area contributed by atoms with Crippen LogP contribution >= 0.6 is 22.6 Å². The minimum atomic E-state index is 0.630. The standard InChI is InChI=1S/C10H14IN/c1-8(2)7-10(11)9-3-5-12-6-4-9/h3-6,8,10H,7H2,1-2H3. The highest BCUT2D eigenvalue weighted by atomic mass is 127. The van der Waals surface area contributed by atoms with E-state index in [1.165, 1.54) is 12.0 Å². The summed E-state index contributed by atoms with van der Waals surface area (Å²) in [4.78, 5) is 4.00. The van der Waals surface area contributed by atoms with Crippen molar-refractivity contribution < 1.29 is 0 Å². The van der Waals surface area contributed by atoms with Gasteiger partial charge in [0.15, 0.2) is 0 Å². The van der Waals surface area contributed by atoms with E-state index in [1.807, 2.05) is 12.4 Å². The minimum absolute atomic E-state index is 0.630. The molecule has 1 rings (SSSR count). The molecule has 0 N–H and O–H groups in total. The number of aromatic nitrogens is 1. The number of halogens is 1. The van der Waals surface area contributed by atoms with Crippen molar-refractivity contribution in [1.82, 2.24) is 4.98 Å². The van der Waals surface area contributed by atoms with E-state index in [2.05, 4.69) is 53.6 Å². The summed E-state index contributed by atoms with van der Waals surface area (Å²) in [5.41, 5.74) is 1.39. The summed E-state index contributed by atoms with van der Waals surface area (Å²) < 4.78 is 0.630. The van der Waals surface area contributed by atoms with Crippen molar-refractivity contribution in [2.24, 2.45) is 5.92 Å². The SMILES string of the molecule is CC(C)CC(I)c1ccncc1. The largest absolute Gasteiger partial charge is 0.265 e. The van der Waals surface area contributed by atoms with E-state index < -0.39 is 0 Å². The normalized spacial score (nSPS) is 13.3. The summed E-state index contributed by atoms with van der Waals surface area (Å²) >= 11 is 2.49. The molecule has 0 spiro atoms. The predicted octanol–water partition coefficient (Wildman–Crippen LogP) is 3.60. The van der Waals surface area contributed by atoms with Gasteiger partial charge in [-0.3, -0.25) is 4.98 Å². The summed E-state index contributed by atoms with van der Waals surface area (Å²) in [6, 6.07) is 4.19. The Kier molecular flexibility index (Phi) is 3.98. The fraction of sp³-hybridized carbons (Fsp3) is 0.500. The molecule has 1 heterocycles. The molecule has 0 saturated heterocycles. The van der Waals surface area contributed by atoms with Crippen molar-refractivity contribution in [2.45, 2.75) is 24.2 Å². The van der Waals surface area contributed by atoms with Gasteiger partial charge in [-0.15, -0.1) is 0 Å². The molecule has 0 aromatic carbocycles. The Morgan fingerprint density at radius 3 is 2.42 bits per heavy atom. The van der Waals surface area contributed by atoms with Crippen LogP contribution in [0.2, 0.25) is 0 Å². The van der Waals surface area contributed by atoms with E-state index in [1.54, 1.807) is 0 Å². The van der Waals surface area contributed by atoms with Gasteiger partial charge in [0, 0.05) is 16.3 Å². The van der Waals surface area contributed by atoms with Crippen molar-refractivity contribution >= 4 is 22.6 Å². The van der Waals surface area contributed by atoms with Gasteiger partial charge >= 0.3 is 0 Å². The van der Waals surface area contributed by atoms with Gasteiger partial charge in [-0.25, -0.2) is 0 Å². The van der Waals surface area contributed by atoms with Crippen LogP contribution in [0.5, 0.6) is 0 Å². The molecule has 12 heavy (non-hydrogen) atoms. The molecule has 0 aliphatic heterocycles. The number of nitrogens with zero attached hydrogens (tertiary/aromatic N) is 1. The number of alkyl halides is 1. The fourth-order valence-electron chi connectivity index (χ4n) is 1.12. The fourth-order valence-corrected chi connectivity index (χ4v) is 2.55. The van der Waals surface area contributed by atoms with Gasteiger partial charge in [-0.05, 0) is 30.0 Å². The average Bonchev–Trinajstić information content (AvgIpc) is 2.05. The van der Waals surface area contributed by atoms with E-state index in [4.69, 9.17) is 0 Å². The maximum Gasteiger partial charge on any atom is 0.0363 e. The van der Waals surface area contributed by atoms with Crippen LogP contribution in [0.25, 0.3) is 0 Å². The summed E-state index contributed by atoms with van der Waals surface area (Å²) in [5.74, 6) is 0.764. The van der Waals surface area contributed by atoms with Crippen molar-refractivity contribution in [1.29, 1.82) is 0 Å². The van der Waals surface area contributed by atoms with Crippen molar-refractivity contribution in [3.63, 3.8) is 0 Å². The monoisotopic (exact) mass is 275 g/mol. The first kappa shape index (κ1) is 9.96. The van der Waals surface area contributed by atoms with Gasteiger partial charge in [0.1, 0.15) is 0 Å². The first-order valence-electron chi connectivity index (χ1n) is 4.24. The molecule has 1 atom stereocenters. The lowest BCUT2D eigenvalue weighted by atomic mass is 10.0. The highest BCUT2D eigenvalue weighted by molar-refractivity contribution is 14.1. The lowest BCUT2D eigenvalue weighted by molar-refractivity contribution is 0.589. The lowest BCUT2D eigenvalue weighted by Crippen LogP contribution is -1.95. The molecule has 1 unspecified atom stereocenters. The number of hydrogen-bond donors (Lipinski definition) is 0. The predicted molar refractivity (Wildman–Crippen MR) is 60.5 cm³/mol. The third kappa shape index (κ3) is 3.09. The summed E-state index contributed by atoms with van der Waals surface area (Å²) in [7, 11) is 0. The highest BCUT2D eigenvalue weighted by Crippen LogP contribution is 2.29. The highest BCUT2D eigenvalue weighted by Gasteiger charge is 2.08. The molecule has 1 aromatic heterocycles. The van der Waals surface area contributed by atoms with Gasteiger partial charge in [0.25, 0.3) is 0 Å². The maximum atomic E-state index is 4.00. The molecule has 0 radical (unpaired) electrons. The second-order valence-corrected chi connectivity index (χ2v) is 4.88. The second kappa shape index (κ2) is 4.80. The smallest absolute Gasteiger partial charge is 0.0363 e. The number of hydrogen-bond acceptors (Lipinski definition) is 1. The number of pyridine rings is 1. The minimum Gasteiger partial charge on any atom is -0.265 e. The quantitative estimate of drug-likeness (QED) is 0.606. The van der Waals surface area contributed by atoms with E-state index in [0.717, 1.165) is 5.92 Å². The van der Waals surface area contributed by atoms with E-state index in [-0.39, 0.29) is 0 Å². The van der Waals surface area contributed by atoms with Gasteiger partial charge in [0.05, 0.1) is 0 Å². The molecule has 0 bridgehead atoms. The first-order chi connectivity index (χ1) is 5.70. The Morgan fingerprint density at radius 1 is 1.33 bits per heavy atom. The topological polar surface area (TPSA) is 12.9 Å². The third-order valence-electron chi connectivity index (χ3n) is 1.75. The third-order valence-corrected chi connectivity index (χ3v) is 2.97. The molecule has 0 amide bonds. The Balaban J connectivity index is 2.59. The Bertz CT molecular complexity index is 221. The molecular weight excluding hydrogens is 261 g/mol. The van der Waals surface area contributed by atoms with Crippen molar-refractivity contribution in [3.05, 3.63) is 30.1 Å². The molecule has 2 heteroatoms. The van der Waals surface area contributed by atoms with Crippen molar-refractivity contribution in [3.8, 4) is 0 Å². The molecule has 0 saturated carbocycles. The van der Waals surface area contributed by atoms with Crippen LogP contribution < -0.4 is 0 Å². The molecule has 1 nitrogen and oxygen atoms in total. The van der Waals surface area contributed by atoms with E-state index >= 15 is 0 Å². The summed E-state index contributed by atoms with van der Waals surface area (Å²) in [6.07, 6.45) is 4.97. The Hall–Kier alpha value is -0.120. The van der Waals surface area contributed by atoms with Crippen LogP contribution in [0.1, 0.15) is 29.8 Å². The molecule has 1 aromatic rings. The Morgan fingerprint density at radius 2 is 1.92 bits per heavy atom. The van der Waals surface area contributed by atoms with Crippen LogP contribution in [-0.4, -0.2) is 4.98 Å². The van der Waals surface area contributed by atoms with E-state index in [0.29, 0.717) is 3.92 Å². The van der Waals surface area contributed by atoms with Crippen LogP contribution in [0, 0.1) is 5.92 Å². The van der Waals surface area contributed by atoms with Crippen LogP contribution in [0.15, 0.2) is 24.5 Å². The molecule has 66 valence electrons. The summed E-state index contributed by atoms with van der Waals surface area (Å²) in [5, 5.41) is 0. The molecule has 0 aliphatic carbocycles. The van der Waals surface area contributed by atoms with Gasteiger partial charge in [-0.1, -0.05) is 36.4 Å². The van der Waals surface area contributed by atoms with Crippen LogP contribution in [0.4, 0.5) is 0 Å². The molecule has 0 fully saturated rings. The van der Waals surface area contributed by atoms with Gasteiger partial charge in [-0.2, -0.15) is 0 Å². The lowest BCUT2D eigenvalue weighted by Gasteiger charge is -2.11. The van der Waals surface area contributed by atoms with Crippen LogP contribution in [0.3, 0.4) is 0 Å². The zero-order valence-corrected chi connectivity index (χ0v) is 9.65. The molecular formula is C10H14IN. The Labute approximate surface area is 87.7 Å².